The molecule has 1 aliphatic heterocycles. The third kappa shape index (κ3) is 4.22. The van der Waals surface area contributed by atoms with Crippen molar-refractivity contribution in [2.45, 2.75) is 31.7 Å². The molecule has 0 aromatic heterocycles. The van der Waals surface area contributed by atoms with Gasteiger partial charge in [0, 0.05) is 24.0 Å². The van der Waals surface area contributed by atoms with Gasteiger partial charge in [-0.3, -0.25) is 4.79 Å². The Kier molecular flexibility index (Phi) is 5.23. The lowest BCUT2D eigenvalue weighted by Crippen LogP contribution is -2.41. The lowest BCUT2D eigenvalue weighted by atomic mass is 10.1. The highest BCUT2D eigenvalue weighted by molar-refractivity contribution is 6.17. The number of hydrogen-bond acceptors (Lipinski definition) is 2. The molecule has 1 N–H and O–H groups in total. The standard InChI is InChI=1S/C15H21ClN2O/c1-12(11-18-8-2-3-9-18)17-15(19)14-6-4-13(10-16)5-7-14/h4-7,12H,2-3,8-11H2,1H3,(H,17,19). The van der Waals surface area contributed by atoms with E-state index in [2.05, 4.69) is 17.1 Å². The second kappa shape index (κ2) is 6.92. The highest BCUT2D eigenvalue weighted by atomic mass is 35.5. The summed E-state index contributed by atoms with van der Waals surface area (Å²) in [5, 5.41) is 3.05. The number of halogens is 1. The molecule has 0 radical (unpaired) electrons. The van der Waals surface area contributed by atoms with E-state index in [0.717, 1.165) is 25.2 Å². The fourth-order valence-electron chi connectivity index (χ4n) is 2.45. The third-order valence-corrected chi connectivity index (χ3v) is 3.79. The van der Waals surface area contributed by atoms with Gasteiger partial charge < -0.3 is 10.2 Å². The molecular weight excluding hydrogens is 260 g/mol. The lowest BCUT2D eigenvalue weighted by molar-refractivity contribution is 0.0932. The minimum absolute atomic E-state index is 0.00665. The Morgan fingerprint density at radius 2 is 1.95 bits per heavy atom. The predicted octanol–water partition coefficient (Wildman–Crippen LogP) is 2.64. The number of hydrogen-bond donors (Lipinski definition) is 1. The van der Waals surface area contributed by atoms with E-state index in [0.29, 0.717) is 11.4 Å². The van der Waals surface area contributed by atoms with Gasteiger partial charge in [-0.15, -0.1) is 11.6 Å². The van der Waals surface area contributed by atoms with E-state index in [1.54, 1.807) is 0 Å². The summed E-state index contributed by atoms with van der Waals surface area (Å²) in [5.41, 5.74) is 1.73. The number of carbonyl (C=O) groups excluding carboxylic acids is 1. The number of amides is 1. The normalized spacial score (nSPS) is 17.4. The number of nitrogens with one attached hydrogen (secondary N) is 1. The van der Waals surface area contributed by atoms with Gasteiger partial charge >= 0.3 is 0 Å². The van der Waals surface area contributed by atoms with E-state index in [1.807, 2.05) is 24.3 Å². The SMILES string of the molecule is CC(CN1CCCC1)NC(=O)c1ccc(CCl)cc1. The van der Waals surface area contributed by atoms with Crippen LogP contribution in [0.25, 0.3) is 0 Å². The molecule has 104 valence electrons. The van der Waals surface area contributed by atoms with E-state index in [1.165, 1.54) is 12.8 Å². The van der Waals surface area contributed by atoms with Crippen molar-refractivity contribution in [3.05, 3.63) is 35.4 Å². The average molecular weight is 281 g/mol. The van der Waals surface area contributed by atoms with Gasteiger partial charge in [-0.1, -0.05) is 12.1 Å². The van der Waals surface area contributed by atoms with Gasteiger partial charge in [-0.05, 0) is 50.6 Å². The fourth-order valence-corrected chi connectivity index (χ4v) is 2.63. The predicted molar refractivity (Wildman–Crippen MR) is 78.6 cm³/mol. The molecule has 0 aliphatic carbocycles. The summed E-state index contributed by atoms with van der Waals surface area (Å²) in [6.07, 6.45) is 2.56. The van der Waals surface area contributed by atoms with Crippen molar-refractivity contribution in [1.82, 2.24) is 10.2 Å². The topological polar surface area (TPSA) is 32.3 Å². The van der Waals surface area contributed by atoms with Crippen molar-refractivity contribution in [2.24, 2.45) is 0 Å². The van der Waals surface area contributed by atoms with Crippen molar-refractivity contribution in [3.8, 4) is 0 Å². The summed E-state index contributed by atoms with van der Waals surface area (Å²) < 4.78 is 0. The average Bonchev–Trinajstić information content (AvgIpc) is 2.91. The van der Waals surface area contributed by atoms with E-state index < -0.39 is 0 Å². The van der Waals surface area contributed by atoms with Crippen LogP contribution in [-0.4, -0.2) is 36.5 Å². The molecule has 1 heterocycles. The molecule has 1 amide bonds. The largest absolute Gasteiger partial charge is 0.348 e. The van der Waals surface area contributed by atoms with Gasteiger partial charge in [0.1, 0.15) is 0 Å². The zero-order valence-corrected chi connectivity index (χ0v) is 12.1. The lowest BCUT2D eigenvalue weighted by Gasteiger charge is -2.21. The van der Waals surface area contributed by atoms with E-state index >= 15 is 0 Å². The highest BCUT2D eigenvalue weighted by Crippen LogP contribution is 2.09. The zero-order valence-electron chi connectivity index (χ0n) is 11.4. The Labute approximate surface area is 119 Å². The first-order valence-corrected chi connectivity index (χ1v) is 7.40. The Morgan fingerprint density at radius 3 is 2.53 bits per heavy atom. The molecule has 2 rings (SSSR count). The molecule has 1 unspecified atom stereocenters. The van der Waals surface area contributed by atoms with Crippen LogP contribution in [0.4, 0.5) is 0 Å². The number of benzene rings is 1. The minimum atomic E-state index is -0.00665. The molecular formula is C15H21ClN2O. The van der Waals surface area contributed by atoms with Crippen molar-refractivity contribution in [1.29, 1.82) is 0 Å². The van der Waals surface area contributed by atoms with Crippen molar-refractivity contribution in [3.63, 3.8) is 0 Å². The molecule has 1 saturated heterocycles. The molecule has 0 saturated carbocycles. The first-order chi connectivity index (χ1) is 9.19. The van der Waals surface area contributed by atoms with Crippen LogP contribution in [-0.2, 0) is 5.88 Å². The molecule has 4 heteroatoms. The maximum atomic E-state index is 12.1. The summed E-state index contributed by atoms with van der Waals surface area (Å²) in [5.74, 6) is 0.473. The van der Waals surface area contributed by atoms with Gasteiger partial charge in [0.2, 0.25) is 0 Å². The number of alkyl halides is 1. The summed E-state index contributed by atoms with van der Waals surface area (Å²) in [6.45, 7) is 5.31. The molecule has 1 aromatic rings. The third-order valence-electron chi connectivity index (χ3n) is 3.48. The van der Waals surface area contributed by atoms with Crippen LogP contribution in [0.15, 0.2) is 24.3 Å². The highest BCUT2D eigenvalue weighted by Gasteiger charge is 2.16. The van der Waals surface area contributed by atoms with Gasteiger partial charge in [0.25, 0.3) is 5.91 Å². The quantitative estimate of drug-likeness (QED) is 0.841. The maximum absolute atomic E-state index is 12.1. The minimum Gasteiger partial charge on any atom is -0.348 e. The molecule has 3 nitrogen and oxygen atoms in total. The number of likely N-dealkylation sites (tertiary alicyclic amines) is 1. The van der Waals surface area contributed by atoms with Crippen molar-refractivity contribution >= 4 is 17.5 Å². The van der Waals surface area contributed by atoms with Gasteiger partial charge in [-0.25, -0.2) is 0 Å². The van der Waals surface area contributed by atoms with Crippen LogP contribution in [0, 0.1) is 0 Å². The summed E-state index contributed by atoms with van der Waals surface area (Å²) in [7, 11) is 0. The monoisotopic (exact) mass is 280 g/mol. The van der Waals surface area contributed by atoms with Crippen molar-refractivity contribution in [2.75, 3.05) is 19.6 Å². The second-order valence-electron chi connectivity index (χ2n) is 5.21. The molecule has 0 spiro atoms. The molecule has 0 bridgehead atoms. The fraction of sp³-hybridized carbons (Fsp3) is 0.533. The maximum Gasteiger partial charge on any atom is 0.251 e. The van der Waals surface area contributed by atoms with Gasteiger partial charge in [0.05, 0.1) is 0 Å². The van der Waals surface area contributed by atoms with E-state index in [9.17, 15) is 4.79 Å². The number of nitrogens with zero attached hydrogens (tertiary/aromatic N) is 1. The van der Waals surface area contributed by atoms with E-state index in [4.69, 9.17) is 11.6 Å². The van der Waals surface area contributed by atoms with Gasteiger partial charge in [0.15, 0.2) is 0 Å². The summed E-state index contributed by atoms with van der Waals surface area (Å²) in [4.78, 5) is 14.5. The van der Waals surface area contributed by atoms with Gasteiger partial charge in [-0.2, -0.15) is 0 Å². The Bertz CT molecular complexity index is 413. The van der Waals surface area contributed by atoms with Crippen LogP contribution in [0.2, 0.25) is 0 Å². The second-order valence-corrected chi connectivity index (χ2v) is 5.48. The summed E-state index contributed by atoms with van der Waals surface area (Å²) >= 11 is 5.73. The Morgan fingerprint density at radius 1 is 1.32 bits per heavy atom. The first-order valence-electron chi connectivity index (χ1n) is 6.87. The molecule has 1 aromatic carbocycles. The summed E-state index contributed by atoms with van der Waals surface area (Å²) in [6, 6.07) is 7.63. The molecule has 1 fully saturated rings. The van der Waals surface area contributed by atoms with Crippen LogP contribution in [0.1, 0.15) is 35.7 Å². The zero-order chi connectivity index (χ0) is 13.7. The van der Waals surface area contributed by atoms with E-state index in [-0.39, 0.29) is 11.9 Å². The Balaban J connectivity index is 1.84. The van der Waals surface area contributed by atoms with Crippen molar-refractivity contribution < 1.29 is 4.79 Å². The Hall–Kier alpha value is -1.06. The van der Waals surface area contributed by atoms with Crippen LogP contribution in [0.3, 0.4) is 0 Å². The van der Waals surface area contributed by atoms with Crippen LogP contribution in [0.5, 0.6) is 0 Å². The molecule has 1 aliphatic rings. The molecule has 1 atom stereocenters. The number of rotatable bonds is 5. The smallest absolute Gasteiger partial charge is 0.251 e. The van der Waals surface area contributed by atoms with Crippen LogP contribution < -0.4 is 5.32 Å². The van der Waals surface area contributed by atoms with Crippen LogP contribution >= 0.6 is 11.6 Å². The first kappa shape index (κ1) is 14.4. The molecule has 19 heavy (non-hydrogen) atoms. The number of carbonyl (C=O) groups is 1.